The van der Waals surface area contributed by atoms with E-state index in [0.717, 1.165) is 33.8 Å². The molecule has 0 aliphatic rings. The molecule has 0 spiro atoms. The van der Waals surface area contributed by atoms with Crippen molar-refractivity contribution in [2.45, 2.75) is 20.0 Å². The second-order valence-electron chi connectivity index (χ2n) is 7.48. The van der Waals surface area contributed by atoms with Crippen LogP contribution in [0, 0.1) is 6.92 Å². The summed E-state index contributed by atoms with van der Waals surface area (Å²) in [5, 5.41) is 16.8. The number of ether oxygens (including phenoxy) is 1. The first kappa shape index (κ1) is 22.1. The van der Waals surface area contributed by atoms with Crippen molar-refractivity contribution in [2.75, 3.05) is 23.8 Å². The second-order valence-corrected chi connectivity index (χ2v) is 7.48. The second kappa shape index (κ2) is 10.5. The molecule has 1 atom stereocenters. The van der Waals surface area contributed by atoms with Gasteiger partial charge >= 0.3 is 5.97 Å². The molecule has 0 aromatic heterocycles. The van der Waals surface area contributed by atoms with Crippen LogP contribution in [0.4, 0.5) is 17.1 Å². The number of hydrogen-bond donors (Lipinski definition) is 3. The van der Waals surface area contributed by atoms with Crippen LogP contribution < -0.4 is 10.6 Å². The number of benzene rings is 3. The van der Waals surface area contributed by atoms with Gasteiger partial charge in [-0.3, -0.25) is 0 Å². The molecule has 1 unspecified atom stereocenters. The molecule has 0 radical (unpaired) electrons. The number of hydrogen-bond acceptors (Lipinski definition) is 5. The van der Waals surface area contributed by atoms with E-state index in [1.807, 2.05) is 54.6 Å². The predicted octanol–water partition coefficient (Wildman–Crippen LogP) is 5.30. The van der Waals surface area contributed by atoms with Gasteiger partial charge in [0.05, 0.1) is 0 Å². The highest BCUT2D eigenvalue weighted by molar-refractivity contribution is 5.87. The van der Waals surface area contributed by atoms with Crippen molar-refractivity contribution < 1.29 is 14.6 Å². The summed E-state index contributed by atoms with van der Waals surface area (Å²) in [7, 11) is 0. The third kappa shape index (κ3) is 6.20. The molecule has 160 valence electrons. The van der Waals surface area contributed by atoms with E-state index in [1.165, 1.54) is 0 Å². The molecule has 0 saturated heterocycles. The first-order valence-corrected chi connectivity index (χ1v) is 10.2. The van der Waals surface area contributed by atoms with Crippen LogP contribution >= 0.6 is 0 Å². The molecule has 0 heterocycles. The van der Waals surface area contributed by atoms with Crippen LogP contribution in [-0.2, 0) is 9.53 Å². The fourth-order valence-corrected chi connectivity index (χ4v) is 3.19. The van der Waals surface area contributed by atoms with Crippen LogP contribution in [-0.4, -0.2) is 30.3 Å². The zero-order valence-corrected chi connectivity index (χ0v) is 17.9. The van der Waals surface area contributed by atoms with E-state index in [1.54, 1.807) is 6.92 Å². The number of aryl methyl sites for hydroxylation is 1. The highest BCUT2D eigenvalue weighted by Crippen LogP contribution is 2.32. The molecule has 0 amide bonds. The lowest BCUT2D eigenvalue weighted by Gasteiger charge is -2.17. The maximum atomic E-state index is 11.5. The summed E-state index contributed by atoms with van der Waals surface area (Å²) in [6, 6.07) is 24.3. The molecule has 0 bridgehead atoms. The molecule has 0 saturated carbocycles. The average Bonchev–Trinajstić information content (AvgIpc) is 2.77. The number of carbonyl (C=O) groups excluding carboxylic acids is 1. The van der Waals surface area contributed by atoms with Crippen molar-refractivity contribution in [1.29, 1.82) is 0 Å². The lowest BCUT2D eigenvalue weighted by molar-refractivity contribution is -0.141. The molecular weight excluding hydrogens is 388 g/mol. The van der Waals surface area contributed by atoms with Gasteiger partial charge in [0.2, 0.25) is 0 Å². The van der Waals surface area contributed by atoms with E-state index in [9.17, 15) is 9.90 Å². The molecule has 3 N–H and O–H groups in total. The average molecular weight is 417 g/mol. The quantitative estimate of drug-likeness (QED) is 0.326. The zero-order valence-electron chi connectivity index (χ0n) is 17.9. The maximum Gasteiger partial charge on any atom is 0.333 e. The Morgan fingerprint density at radius 1 is 1.00 bits per heavy atom. The minimum atomic E-state index is -0.824. The van der Waals surface area contributed by atoms with Gasteiger partial charge in [-0.2, -0.15) is 0 Å². The summed E-state index contributed by atoms with van der Waals surface area (Å²) in [6.07, 6.45) is -0.824. The standard InChI is InChI=1S/C26H28N2O3/c1-18(2)26(30)31-17-22(29)16-27-25-12-8-7-11-24(25)23-14-13-21(15-19(23)3)28-20-9-5-4-6-10-20/h4-15,22,27-29H,1,16-17H2,2-3H3. The van der Waals surface area contributed by atoms with Crippen LogP contribution in [0.15, 0.2) is 84.9 Å². The number of anilines is 3. The van der Waals surface area contributed by atoms with E-state index >= 15 is 0 Å². The van der Waals surface area contributed by atoms with Crippen molar-refractivity contribution in [2.24, 2.45) is 0 Å². The smallest absolute Gasteiger partial charge is 0.333 e. The third-order valence-corrected chi connectivity index (χ3v) is 4.79. The van der Waals surface area contributed by atoms with Crippen molar-refractivity contribution >= 4 is 23.0 Å². The Morgan fingerprint density at radius 2 is 1.71 bits per heavy atom. The highest BCUT2D eigenvalue weighted by Gasteiger charge is 2.12. The van der Waals surface area contributed by atoms with Gasteiger partial charge in [0.15, 0.2) is 0 Å². The van der Waals surface area contributed by atoms with Gasteiger partial charge in [0.25, 0.3) is 0 Å². The maximum absolute atomic E-state index is 11.5. The largest absolute Gasteiger partial charge is 0.460 e. The van der Waals surface area contributed by atoms with Gasteiger partial charge < -0.3 is 20.5 Å². The first-order valence-electron chi connectivity index (χ1n) is 10.2. The van der Waals surface area contributed by atoms with Crippen molar-refractivity contribution in [3.8, 4) is 11.1 Å². The summed E-state index contributed by atoms with van der Waals surface area (Å²) in [6.45, 7) is 7.36. The van der Waals surface area contributed by atoms with Crippen LogP contribution in [0.5, 0.6) is 0 Å². The Hall–Kier alpha value is -3.57. The highest BCUT2D eigenvalue weighted by atomic mass is 16.5. The van der Waals surface area contributed by atoms with E-state index in [-0.39, 0.29) is 13.2 Å². The molecule has 5 heteroatoms. The van der Waals surface area contributed by atoms with E-state index in [4.69, 9.17) is 4.74 Å². The molecule has 3 aromatic rings. The van der Waals surface area contributed by atoms with Gasteiger partial charge in [-0.15, -0.1) is 0 Å². The molecule has 3 aromatic carbocycles. The molecule has 3 rings (SSSR count). The van der Waals surface area contributed by atoms with Crippen molar-refractivity contribution in [3.63, 3.8) is 0 Å². The van der Waals surface area contributed by atoms with Gasteiger partial charge in [0.1, 0.15) is 12.7 Å². The van der Waals surface area contributed by atoms with Crippen LogP contribution in [0.1, 0.15) is 12.5 Å². The fraction of sp³-hybridized carbons (Fsp3) is 0.192. The monoisotopic (exact) mass is 416 g/mol. The normalized spacial score (nSPS) is 11.5. The molecule has 31 heavy (non-hydrogen) atoms. The van der Waals surface area contributed by atoms with Gasteiger partial charge in [-0.25, -0.2) is 4.79 Å². The number of aliphatic hydroxyl groups excluding tert-OH is 1. The molecule has 0 aliphatic heterocycles. The predicted molar refractivity (Wildman–Crippen MR) is 127 cm³/mol. The Balaban J connectivity index is 1.69. The zero-order chi connectivity index (χ0) is 22.2. The van der Waals surface area contributed by atoms with Crippen molar-refractivity contribution in [3.05, 3.63) is 90.5 Å². The molecule has 0 aliphatic carbocycles. The van der Waals surface area contributed by atoms with Gasteiger partial charge in [-0.05, 0) is 55.3 Å². The Labute approximate surface area is 183 Å². The molecule has 0 fully saturated rings. The van der Waals surface area contributed by atoms with Crippen LogP contribution in [0.2, 0.25) is 0 Å². The van der Waals surface area contributed by atoms with E-state index < -0.39 is 12.1 Å². The lowest BCUT2D eigenvalue weighted by Crippen LogP contribution is -2.26. The summed E-state index contributed by atoms with van der Waals surface area (Å²) in [4.78, 5) is 11.5. The Morgan fingerprint density at radius 3 is 2.42 bits per heavy atom. The van der Waals surface area contributed by atoms with E-state index in [0.29, 0.717) is 5.57 Å². The number of nitrogens with one attached hydrogen (secondary N) is 2. The number of aliphatic hydroxyl groups is 1. The number of carbonyl (C=O) groups is 1. The molecule has 5 nitrogen and oxygen atoms in total. The van der Waals surface area contributed by atoms with Crippen LogP contribution in [0.25, 0.3) is 11.1 Å². The van der Waals surface area contributed by atoms with Gasteiger partial charge in [0, 0.05) is 34.7 Å². The summed E-state index contributed by atoms with van der Waals surface area (Å²) < 4.78 is 5.01. The third-order valence-electron chi connectivity index (χ3n) is 4.79. The fourth-order valence-electron chi connectivity index (χ4n) is 3.19. The SMILES string of the molecule is C=C(C)C(=O)OCC(O)CNc1ccccc1-c1ccc(Nc2ccccc2)cc1C. The lowest BCUT2D eigenvalue weighted by atomic mass is 9.98. The molecular formula is C26H28N2O3. The van der Waals surface area contributed by atoms with Gasteiger partial charge in [-0.1, -0.05) is 49.0 Å². The summed E-state index contributed by atoms with van der Waals surface area (Å²) in [5.41, 5.74) is 6.55. The number of rotatable bonds is 9. The Bertz CT molecular complexity index is 1050. The number of esters is 1. The minimum absolute atomic E-state index is 0.0836. The minimum Gasteiger partial charge on any atom is -0.460 e. The first-order chi connectivity index (χ1) is 14.9. The van der Waals surface area contributed by atoms with Crippen molar-refractivity contribution in [1.82, 2.24) is 0 Å². The topological polar surface area (TPSA) is 70.6 Å². The van der Waals surface area contributed by atoms with Crippen LogP contribution in [0.3, 0.4) is 0 Å². The summed E-state index contributed by atoms with van der Waals surface area (Å²) >= 11 is 0. The van der Waals surface area contributed by atoms with E-state index in [2.05, 4.69) is 42.3 Å². The number of para-hydroxylation sites is 2. The Kier molecular flexibility index (Phi) is 7.46. The summed E-state index contributed by atoms with van der Waals surface area (Å²) in [5.74, 6) is -0.501.